The fourth-order valence-electron chi connectivity index (χ4n) is 3.27. The summed E-state index contributed by atoms with van der Waals surface area (Å²) >= 11 is 0. The molecule has 186 valence electrons. The van der Waals surface area contributed by atoms with Gasteiger partial charge in [0.15, 0.2) is 6.10 Å². The van der Waals surface area contributed by atoms with E-state index in [0.717, 1.165) is 5.56 Å². The van der Waals surface area contributed by atoms with Crippen molar-refractivity contribution in [2.75, 3.05) is 13.7 Å². The lowest BCUT2D eigenvalue weighted by atomic mass is 10.0. The molecule has 2 N–H and O–H groups in total. The van der Waals surface area contributed by atoms with Crippen LogP contribution in [0.4, 0.5) is 4.79 Å². The van der Waals surface area contributed by atoms with Crippen molar-refractivity contribution in [3.05, 3.63) is 71.3 Å². The van der Waals surface area contributed by atoms with E-state index in [2.05, 4.69) is 5.32 Å². The summed E-state index contributed by atoms with van der Waals surface area (Å²) in [5.74, 6) is -1.48. The summed E-state index contributed by atoms with van der Waals surface area (Å²) in [5, 5.41) is 21.3. The van der Waals surface area contributed by atoms with Crippen molar-refractivity contribution in [1.82, 2.24) is 10.2 Å². The molecule has 2 aromatic rings. The second-order valence-electron chi connectivity index (χ2n) is 8.48. The van der Waals surface area contributed by atoms with Crippen molar-refractivity contribution < 1.29 is 29.0 Å². The number of aromatic carboxylic acids is 1. The zero-order valence-electron chi connectivity index (χ0n) is 20.1. The SMILES string of the molecule is CC(C)CC(OC(=O)NCc1ccccc1)C(=O)N(C)C(C#N)COCc1cccc(C(=O)O)c1. The average molecular weight is 482 g/mol. The third kappa shape index (κ3) is 9.10. The molecule has 2 unspecified atom stereocenters. The highest BCUT2D eigenvalue weighted by atomic mass is 16.6. The van der Waals surface area contributed by atoms with Gasteiger partial charge >= 0.3 is 12.1 Å². The average Bonchev–Trinajstić information content (AvgIpc) is 2.84. The quantitative estimate of drug-likeness (QED) is 0.474. The lowest BCUT2D eigenvalue weighted by molar-refractivity contribution is -0.142. The van der Waals surface area contributed by atoms with Crippen LogP contribution in [0.1, 0.15) is 41.8 Å². The van der Waals surface area contributed by atoms with Crippen LogP contribution in [0.3, 0.4) is 0 Å². The summed E-state index contributed by atoms with van der Waals surface area (Å²) in [4.78, 5) is 37.8. The standard InChI is InChI=1S/C26H31N3O6/c1-18(2)12-23(35-26(33)28-15-19-8-5-4-6-9-19)24(30)29(3)22(14-27)17-34-16-20-10-7-11-21(13-20)25(31)32/h4-11,13,18,22-23H,12,15-17H2,1-3H3,(H,28,33)(H,31,32). The first-order valence-electron chi connectivity index (χ1n) is 11.3. The Bertz CT molecular complexity index is 1030. The first-order valence-corrected chi connectivity index (χ1v) is 11.3. The molecule has 0 spiro atoms. The van der Waals surface area contributed by atoms with Gasteiger partial charge in [0.05, 0.1) is 24.8 Å². The number of nitriles is 1. The number of amides is 2. The van der Waals surface area contributed by atoms with Crippen LogP contribution in [0.5, 0.6) is 0 Å². The van der Waals surface area contributed by atoms with Crippen LogP contribution < -0.4 is 5.32 Å². The Morgan fingerprint density at radius 3 is 2.40 bits per heavy atom. The Morgan fingerprint density at radius 1 is 1.09 bits per heavy atom. The number of benzene rings is 2. The summed E-state index contributed by atoms with van der Waals surface area (Å²) in [6, 6.07) is 16.7. The number of likely N-dealkylation sites (N-methyl/N-ethyl adjacent to an activating group) is 1. The van der Waals surface area contributed by atoms with Gasteiger partial charge < -0.3 is 24.8 Å². The maximum absolute atomic E-state index is 13.1. The lowest BCUT2D eigenvalue weighted by Gasteiger charge is -2.28. The number of ether oxygens (including phenoxy) is 2. The van der Waals surface area contributed by atoms with Crippen LogP contribution in [0.25, 0.3) is 0 Å². The van der Waals surface area contributed by atoms with Crippen LogP contribution in [0.2, 0.25) is 0 Å². The first-order chi connectivity index (χ1) is 16.7. The molecule has 0 saturated heterocycles. The van der Waals surface area contributed by atoms with Crippen molar-refractivity contribution in [3.8, 4) is 6.07 Å². The summed E-state index contributed by atoms with van der Waals surface area (Å²) in [6.07, 6.45) is -1.48. The van der Waals surface area contributed by atoms with E-state index in [1.807, 2.05) is 50.2 Å². The lowest BCUT2D eigenvalue weighted by Crippen LogP contribution is -2.47. The highest BCUT2D eigenvalue weighted by Gasteiger charge is 2.30. The van der Waals surface area contributed by atoms with Gasteiger partial charge in [-0.25, -0.2) is 9.59 Å². The molecular formula is C26H31N3O6. The predicted octanol–water partition coefficient (Wildman–Crippen LogP) is 3.59. The molecule has 0 saturated carbocycles. The van der Waals surface area contributed by atoms with E-state index >= 15 is 0 Å². The number of hydrogen-bond donors (Lipinski definition) is 2. The molecule has 9 nitrogen and oxygen atoms in total. The first kappa shape index (κ1) is 27.3. The van der Waals surface area contributed by atoms with Gasteiger partial charge in [0, 0.05) is 13.6 Å². The van der Waals surface area contributed by atoms with E-state index < -0.39 is 30.1 Å². The highest BCUT2D eigenvalue weighted by Crippen LogP contribution is 2.14. The molecule has 0 aliphatic heterocycles. The number of hydrogen-bond acceptors (Lipinski definition) is 6. The Labute approximate surface area is 205 Å². The topological polar surface area (TPSA) is 129 Å². The fraction of sp³-hybridized carbons (Fsp3) is 0.385. The van der Waals surface area contributed by atoms with Gasteiger partial charge in [-0.05, 0) is 35.6 Å². The molecule has 0 heterocycles. The molecule has 0 fully saturated rings. The minimum absolute atomic E-state index is 0.0672. The molecule has 0 bridgehead atoms. The number of alkyl carbamates (subject to hydrolysis) is 1. The van der Waals surface area contributed by atoms with Gasteiger partial charge in [0.2, 0.25) is 0 Å². The number of nitrogens with one attached hydrogen (secondary N) is 1. The minimum atomic E-state index is -1.06. The van der Waals surface area contributed by atoms with Crippen LogP contribution in [-0.4, -0.2) is 53.8 Å². The van der Waals surface area contributed by atoms with Crippen molar-refractivity contribution in [1.29, 1.82) is 5.26 Å². The van der Waals surface area contributed by atoms with E-state index in [4.69, 9.17) is 14.6 Å². The largest absolute Gasteiger partial charge is 0.478 e. The number of nitrogens with zero attached hydrogens (tertiary/aromatic N) is 2. The van der Waals surface area contributed by atoms with Gasteiger partial charge in [0.1, 0.15) is 6.04 Å². The number of rotatable bonds is 12. The van der Waals surface area contributed by atoms with Crippen LogP contribution in [-0.2, 0) is 27.4 Å². The normalized spacial score (nSPS) is 12.3. The Hall–Kier alpha value is -3.90. The van der Waals surface area contributed by atoms with Crippen molar-refractivity contribution >= 4 is 18.0 Å². The zero-order valence-corrected chi connectivity index (χ0v) is 20.1. The van der Waals surface area contributed by atoms with Crippen molar-refractivity contribution in [2.45, 2.75) is 45.6 Å². The van der Waals surface area contributed by atoms with E-state index in [1.165, 1.54) is 24.1 Å². The van der Waals surface area contributed by atoms with Crippen LogP contribution >= 0.6 is 0 Å². The highest BCUT2D eigenvalue weighted by molar-refractivity contribution is 5.87. The van der Waals surface area contributed by atoms with Gasteiger partial charge in [-0.15, -0.1) is 0 Å². The number of carboxylic acid groups (broad SMARTS) is 1. The summed E-state index contributed by atoms with van der Waals surface area (Å²) in [5.41, 5.74) is 1.66. The zero-order chi connectivity index (χ0) is 25.8. The summed E-state index contributed by atoms with van der Waals surface area (Å²) in [7, 11) is 1.46. The van der Waals surface area contributed by atoms with Gasteiger partial charge in [-0.2, -0.15) is 5.26 Å². The summed E-state index contributed by atoms with van der Waals surface area (Å²) < 4.78 is 11.0. The van der Waals surface area contributed by atoms with Crippen molar-refractivity contribution in [2.24, 2.45) is 5.92 Å². The van der Waals surface area contributed by atoms with E-state index in [9.17, 15) is 19.6 Å². The third-order valence-corrected chi connectivity index (χ3v) is 5.17. The van der Waals surface area contributed by atoms with Crippen molar-refractivity contribution in [3.63, 3.8) is 0 Å². The molecule has 2 rings (SSSR count). The molecule has 0 aliphatic carbocycles. The van der Waals surface area contributed by atoms with E-state index in [-0.39, 0.29) is 31.2 Å². The number of carbonyl (C=O) groups excluding carboxylic acids is 2. The van der Waals surface area contributed by atoms with E-state index in [0.29, 0.717) is 12.0 Å². The third-order valence-electron chi connectivity index (χ3n) is 5.17. The monoisotopic (exact) mass is 481 g/mol. The summed E-state index contributed by atoms with van der Waals surface area (Å²) in [6.45, 7) is 4.05. The molecule has 0 aliphatic rings. The maximum Gasteiger partial charge on any atom is 0.408 e. The second kappa shape index (κ2) is 13.7. The molecule has 35 heavy (non-hydrogen) atoms. The van der Waals surface area contributed by atoms with Gasteiger partial charge in [-0.3, -0.25) is 4.79 Å². The number of carbonyl (C=O) groups is 3. The molecule has 0 aromatic heterocycles. The van der Waals surface area contributed by atoms with Crippen LogP contribution in [0, 0.1) is 17.2 Å². The maximum atomic E-state index is 13.1. The van der Waals surface area contributed by atoms with Gasteiger partial charge in [-0.1, -0.05) is 56.3 Å². The molecular weight excluding hydrogens is 450 g/mol. The molecule has 0 radical (unpaired) electrons. The Morgan fingerprint density at radius 2 is 1.77 bits per heavy atom. The minimum Gasteiger partial charge on any atom is -0.478 e. The Balaban J connectivity index is 1.95. The fourth-order valence-corrected chi connectivity index (χ4v) is 3.27. The molecule has 2 atom stereocenters. The molecule has 2 amide bonds. The van der Waals surface area contributed by atoms with Crippen LogP contribution in [0.15, 0.2) is 54.6 Å². The second-order valence-corrected chi connectivity index (χ2v) is 8.48. The van der Waals surface area contributed by atoms with E-state index in [1.54, 1.807) is 12.1 Å². The molecule has 9 heteroatoms. The predicted molar refractivity (Wildman–Crippen MR) is 128 cm³/mol. The molecule has 2 aromatic carbocycles. The smallest absolute Gasteiger partial charge is 0.408 e. The van der Waals surface area contributed by atoms with Gasteiger partial charge in [0.25, 0.3) is 5.91 Å². The number of carboxylic acids is 1. The Kier molecular flexibility index (Phi) is 10.7.